The summed E-state index contributed by atoms with van der Waals surface area (Å²) >= 11 is 0. The highest BCUT2D eigenvalue weighted by Crippen LogP contribution is 2.26. The van der Waals surface area contributed by atoms with Crippen LogP contribution < -0.4 is 9.80 Å². The molecule has 1 aliphatic heterocycles. The largest absolute Gasteiger partial charge is 0.354 e. The number of anilines is 2. The molecule has 0 N–H and O–H groups in total. The summed E-state index contributed by atoms with van der Waals surface area (Å²) in [4.78, 5) is 13.1. The molecular weight excluding hydrogens is 294 g/mol. The fraction of sp³-hybridized carbons (Fsp3) is 0.400. The molecule has 0 unspecified atom stereocenters. The first-order chi connectivity index (χ1) is 11.3. The smallest absolute Gasteiger partial charge is 0.263 e. The van der Waals surface area contributed by atoms with Crippen LogP contribution in [0.15, 0.2) is 29.2 Å². The summed E-state index contributed by atoms with van der Waals surface area (Å²) < 4.78 is 5.25. The molecule has 0 bridgehead atoms. The molecule has 4 heterocycles. The van der Waals surface area contributed by atoms with Gasteiger partial charge in [0.05, 0.1) is 5.69 Å². The van der Waals surface area contributed by atoms with Crippen LogP contribution in [0.25, 0.3) is 11.1 Å². The Labute approximate surface area is 133 Å². The summed E-state index contributed by atoms with van der Waals surface area (Å²) in [5, 5.41) is 13.1. The molecule has 0 saturated carbocycles. The lowest BCUT2D eigenvalue weighted by molar-refractivity contribution is 0.442. The highest BCUT2D eigenvalue weighted by Gasteiger charge is 2.21. The lowest BCUT2D eigenvalue weighted by Crippen LogP contribution is -2.31. The first kappa shape index (κ1) is 13.9. The zero-order chi connectivity index (χ0) is 15.6. The fourth-order valence-corrected chi connectivity index (χ4v) is 2.96. The Balaban J connectivity index is 1.60. The predicted octanol–water partition coefficient (Wildman–Crippen LogP) is 1.43. The van der Waals surface area contributed by atoms with Crippen molar-refractivity contribution in [1.29, 1.82) is 0 Å². The average molecular weight is 311 g/mol. The zero-order valence-corrected chi connectivity index (χ0v) is 12.9. The highest BCUT2D eigenvalue weighted by molar-refractivity contribution is 5.87. The van der Waals surface area contributed by atoms with Crippen LogP contribution in [-0.2, 0) is 0 Å². The van der Waals surface area contributed by atoms with Crippen molar-refractivity contribution in [3.05, 3.63) is 30.4 Å². The van der Waals surface area contributed by atoms with Crippen LogP contribution in [0.5, 0.6) is 0 Å². The summed E-state index contributed by atoms with van der Waals surface area (Å²) in [6.07, 6.45) is 4.25. The highest BCUT2D eigenvalue weighted by atomic mass is 16.5. The monoisotopic (exact) mass is 311 g/mol. The second-order valence-corrected chi connectivity index (χ2v) is 5.55. The number of nitrogens with zero attached hydrogens (tertiary/aromatic N) is 7. The molecule has 0 atom stereocenters. The van der Waals surface area contributed by atoms with Crippen LogP contribution in [-0.4, -0.2) is 51.5 Å². The lowest BCUT2D eigenvalue weighted by atomic mass is 10.2. The molecule has 0 aliphatic carbocycles. The van der Waals surface area contributed by atoms with Gasteiger partial charge in [-0.05, 0) is 25.5 Å². The van der Waals surface area contributed by atoms with Gasteiger partial charge in [-0.15, -0.1) is 5.10 Å². The predicted molar refractivity (Wildman–Crippen MR) is 85.4 cm³/mol. The molecule has 0 radical (unpaired) electrons. The standard InChI is InChI=1S/C15H17N7O/c1-11-13-14(16-10-17-15(13)23-20-11)22-7-3-6-21(8-9-22)12-4-2-5-18-19-12/h2,4-5,10H,3,6-9H2,1H3. The van der Waals surface area contributed by atoms with Gasteiger partial charge in [0.2, 0.25) is 0 Å². The number of rotatable bonds is 2. The number of hydrogen-bond donors (Lipinski definition) is 0. The van der Waals surface area contributed by atoms with Gasteiger partial charge >= 0.3 is 0 Å². The molecule has 23 heavy (non-hydrogen) atoms. The zero-order valence-electron chi connectivity index (χ0n) is 12.9. The molecule has 1 fully saturated rings. The van der Waals surface area contributed by atoms with E-state index in [1.807, 2.05) is 19.1 Å². The molecule has 8 nitrogen and oxygen atoms in total. The maximum absolute atomic E-state index is 5.25. The second-order valence-electron chi connectivity index (χ2n) is 5.55. The van der Waals surface area contributed by atoms with Gasteiger partial charge in [-0.2, -0.15) is 10.1 Å². The van der Waals surface area contributed by atoms with Gasteiger partial charge in [-0.25, -0.2) is 4.98 Å². The van der Waals surface area contributed by atoms with E-state index in [1.165, 1.54) is 6.33 Å². The average Bonchev–Trinajstić information content (AvgIpc) is 2.83. The molecule has 4 rings (SSSR count). The van der Waals surface area contributed by atoms with E-state index in [2.05, 4.69) is 35.1 Å². The third kappa shape index (κ3) is 2.56. The van der Waals surface area contributed by atoms with E-state index in [-0.39, 0.29) is 0 Å². The van der Waals surface area contributed by atoms with E-state index in [0.29, 0.717) is 5.71 Å². The van der Waals surface area contributed by atoms with Gasteiger partial charge in [0.1, 0.15) is 17.5 Å². The Morgan fingerprint density at radius 1 is 1.09 bits per heavy atom. The summed E-state index contributed by atoms with van der Waals surface area (Å²) in [7, 11) is 0. The maximum atomic E-state index is 5.25. The quantitative estimate of drug-likeness (QED) is 0.703. The molecule has 0 aromatic carbocycles. The number of hydrogen-bond acceptors (Lipinski definition) is 8. The van der Waals surface area contributed by atoms with E-state index in [4.69, 9.17) is 4.52 Å². The summed E-state index contributed by atoms with van der Waals surface area (Å²) in [5.41, 5.74) is 1.37. The minimum atomic E-state index is 0.544. The third-order valence-electron chi connectivity index (χ3n) is 4.10. The van der Waals surface area contributed by atoms with E-state index >= 15 is 0 Å². The van der Waals surface area contributed by atoms with Gasteiger partial charge in [-0.3, -0.25) is 0 Å². The third-order valence-corrected chi connectivity index (χ3v) is 4.10. The van der Waals surface area contributed by atoms with E-state index < -0.39 is 0 Å². The number of aromatic nitrogens is 5. The van der Waals surface area contributed by atoms with Crippen molar-refractivity contribution in [2.24, 2.45) is 0 Å². The molecule has 0 spiro atoms. The van der Waals surface area contributed by atoms with Crippen molar-refractivity contribution in [3.8, 4) is 0 Å². The molecule has 8 heteroatoms. The van der Waals surface area contributed by atoms with Crippen LogP contribution in [0.4, 0.5) is 11.6 Å². The van der Waals surface area contributed by atoms with Crippen molar-refractivity contribution in [2.45, 2.75) is 13.3 Å². The van der Waals surface area contributed by atoms with Crippen molar-refractivity contribution >= 4 is 22.7 Å². The Morgan fingerprint density at radius 2 is 1.96 bits per heavy atom. The first-order valence-electron chi connectivity index (χ1n) is 7.67. The van der Waals surface area contributed by atoms with Gasteiger partial charge < -0.3 is 14.3 Å². The minimum absolute atomic E-state index is 0.544. The molecule has 1 aliphatic rings. The van der Waals surface area contributed by atoms with E-state index in [1.54, 1.807) is 6.20 Å². The number of aryl methyl sites for hydroxylation is 1. The Hall–Kier alpha value is -2.77. The molecular formula is C15H17N7O. The Kier molecular flexibility index (Phi) is 3.49. The van der Waals surface area contributed by atoms with Gasteiger partial charge in [0, 0.05) is 32.4 Å². The second kappa shape index (κ2) is 5.79. The van der Waals surface area contributed by atoms with Crippen LogP contribution in [0.2, 0.25) is 0 Å². The van der Waals surface area contributed by atoms with Crippen molar-refractivity contribution in [1.82, 2.24) is 25.3 Å². The summed E-state index contributed by atoms with van der Waals surface area (Å²) in [6.45, 7) is 5.52. The Bertz CT molecular complexity index is 804. The van der Waals surface area contributed by atoms with Crippen LogP contribution in [0.3, 0.4) is 0 Å². The summed E-state index contributed by atoms with van der Waals surface area (Å²) in [5.74, 6) is 1.82. The van der Waals surface area contributed by atoms with E-state index in [9.17, 15) is 0 Å². The van der Waals surface area contributed by atoms with Crippen molar-refractivity contribution in [3.63, 3.8) is 0 Å². The molecule has 3 aromatic rings. The topological polar surface area (TPSA) is 84.1 Å². The molecule has 118 valence electrons. The molecule has 3 aromatic heterocycles. The molecule has 1 saturated heterocycles. The summed E-state index contributed by atoms with van der Waals surface area (Å²) in [6, 6.07) is 3.91. The van der Waals surface area contributed by atoms with Crippen LogP contribution in [0, 0.1) is 6.92 Å². The maximum Gasteiger partial charge on any atom is 0.263 e. The van der Waals surface area contributed by atoms with Crippen molar-refractivity contribution < 1.29 is 4.52 Å². The van der Waals surface area contributed by atoms with Gasteiger partial charge in [0.15, 0.2) is 5.82 Å². The minimum Gasteiger partial charge on any atom is -0.354 e. The fourth-order valence-electron chi connectivity index (χ4n) is 2.96. The van der Waals surface area contributed by atoms with Gasteiger partial charge in [-0.1, -0.05) is 5.16 Å². The Morgan fingerprint density at radius 3 is 2.83 bits per heavy atom. The first-order valence-corrected chi connectivity index (χ1v) is 7.67. The normalized spacial score (nSPS) is 15.9. The van der Waals surface area contributed by atoms with Crippen molar-refractivity contribution in [2.75, 3.05) is 36.0 Å². The van der Waals surface area contributed by atoms with Crippen LogP contribution in [0.1, 0.15) is 12.1 Å². The van der Waals surface area contributed by atoms with E-state index in [0.717, 1.165) is 55.3 Å². The van der Waals surface area contributed by atoms with Crippen LogP contribution >= 0.6 is 0 Å². The van der Waals surface area contributed by atoms with Gasteiger partial charge in [0.25, 0.3) is 5.71 Å². The molecule has 0 amide bonds. The SMILES string of the molecule is Cc1noc2ncnc(N3CCCN(c4cccnn4)CC3)c12. The lowest BCUT2D eigenvalue weighted by Gasteiger charge is -2.23. The number of fused-ring (bicyclic) bond motifs is 1.